The normalized spacial score (nSPS) is 10.2. The van der Waals surface area contributed by atoms with Crippen molar-refractivity contribution in [2.24, 2.45) is 0 Å². The van der Waals surface area contributed by atoms with E-state index in [2.05, 4.69) is 10.3 Å². The van der Waals surface area contributed by atoms with Gasteiger partial charge in [0, 0.05) is 24.1 Å². The smallest absolute Gasteiger partial charge is 0.324 e. The molecule has 0 aliphatic heterocycles. The molecule has 0 aliphatic carbocycles. The van der Waals surface area contributed by atoms with E-state index in [1.165, 1.54) is 0 Å². The highest BCUT2D eigenvalue weighted by Gasteiger charge is 2.09. The molecule has 0 saturated heterocycles. The molecule has 0 radical (unpaired) electrons. The minimum atomic E-state index is -0.382. The van der Waals surface area contributed by atoms with E-state index >= 15 is 0 Å². The van der Waals surface area contributed by atoms with Crippen LogP contribution in [-0.2, 0) is 6.54 Å². The number of nitrogens with one attached hydrogen (secondary N) is 1. The maximum absolute atomic E-state index is 10.6. The van der Waals surface area contributed by atoms with Gasteiger partial charge in [-0.3, -0.25) is 10.1 Å². The summed E-state index contributed by atoms with van der Waals surface area (Å²) in [4.78, 5) is 14.3. The predicted molar refractivity (Wildman–Crippen MR) is 73.7 cm³/mol. The van der Waals surface area contributed by atoms with Gasteiger partial charge in [-0.25, -0.2) is 4.98 Å². The van der Waals surface area contributed by atoms with Gasteiger partial charge in [-0.05, 0) is 18.6 Å². The average Bonchev–Trinajstić information content (AvgIpc) is 2.87. The van der Waals surface area contributed by atoms with Crippen molar-refractivity contribution in [3.05, 3.63) is 45.5 Å². The number of aromatic nitrogens is 1. The van der Waals surface area contributed by atoms with Gasteiger partial charge in [-0.1, -0.05) is 11.3 Å². The summed E-state index contributed by atoms with van der Waals surface area (Å²) in [5.74, 6) is 0.583. The number of pyridine rings is 1. The molecule has 0 aliphatic rings. The minimum absolute atomic E-state index is 0.154. The number of ether oxygens (including phenoxy) is 1. The largest absolute Gasteiger partial charge is 0.478 e. The molecule has 2 rings (SSSR count). The van der Waals surface area contributed by atoms with Crippen LogP contribution in [0.15, 0.2) is 29.8 Å². The monoisotopic (exact) mass is 279 g/mol. The molecule has 0 aromatic carbocycles. The second kappa shape index (κ2) is 6.14. The Kier molecular flexibility index (Phi) is 4.30. The second-order valence-electron chi connectivity index (χ2n) is 3.72. The van der Waals surface area contributed by atoms with Crippen LogP contribution in [0, 0.1) is 10.1 Å². The molecule has 2 heterocycles. The van der Waals surface area contributed by atoms with Crippen molar-refractivity contribution in [2.45, 2.75) is 13.5 Å². The quantitative estimate of drug-likeness (QED) is 0.649. The third-order valence-corrected chi connectivity index (χ3v) is 3.27. The van der Waals surface area contributed by atoms with Crippen molar-refractivity contribution in [3.8, 4) is 5.88 Å². The van der Waals surface area contributed by atoms with Gasteiger partial charge in [-0.2, -0.15) is 0 Å². The zero-order valence-electron chi connectivity index (χ0n) is 10.3. The SMILES string of the molecule is CCOc1ccc(NCc2csc([N+](=O)[O-])c2)cn1. The van der Waals surface area contributed by atoms with E-state index in [9.17, 15) is 10.1 Å². The highest BCUT2D eigenvalue weighted by atomic mass is 32.1. The molecule has 100 valence electrons. The van der Waals surface area contributed by atoms with Crippen LogP contribution in [0.1, 0.15) is 12.5 Å². The lowest BCUT2D eigenvalue weighted by atomic mass is 10.3. The van der Waals surface area contributed by atoms with Crippen LogP contribution >= 0.6 is 11.3 Å². The number of anilines is 1. The summed E-state index contributed by atoms with van der Waals surface area (Å²) in [7, 11) is 0. The molecule has 0 atom stereocenters. The molecule has 7 heteroatoms. The maximum atomic E-state index is 10.6. The predicted octanol–water partition coefficient (Wildman–Crippen LogP) is 3.06. The summed E-state index contributed by atoms with van der Waals surface area (Å²) in [6.45, 7) is 3.01. The van der Waals surface area contributed by atoms with Gasteiger partial charge < -0.3 is 10.1 Å². The molecule has 0 unspecified atom stereocenters. The summed E-state index contributed by atoms with van der Waals surface area (Å²) in [5.41, 5.74) is 1.72. The average molecular weight is 279 g/mol. The third kappa shape index (κ3) is 3.65. The van der Waals surface area contributed by atoms with E-state index in [-0.39, 0.29) is 9.92 Å². The molecule has 2 aromatic heterocycles. The molecule has 0 bridgehead atoms. The Labute approximate surface area is 114 Å². The first kappa shape index (κ1) is 13.3. The van der Waals surface area contributed by atoms with Gasteiger partial charge in [-0.15, -0.1) is 0 Å². The Bertz CT molecular complexity index is 554. The molecule has 19 heavy (non-hydrogen) atoms. The van der Waals surface area contributed by atoms with Gasteiger partial charge in [0.05, 0.1) is 23.4 Å². The zero-order valence-corrected chi connectivity index (χ0v) is 11.1. The van der Waals surface area contributed by atoms with Crippen LogP contribution in [0.3, 0.4) is 0 Å². The van der Waals surface area contributed by atoms with E-state index < -0.39 is 0 Å². The van der Waals surface area contributed by atoms with Crippen LogP contribution in [-0.4, -0.2) is 16.5 Å². The Hall–Kier alpha value is -2.15. The van der Waals surface area contributed by atoms with E-state index in [0.29, 0.717) is 19.0 Å². The fourth-order valence-electron chi connectivity index (χ4n) is 1.47. The second-order valence-corrected chi connectivity index (χ2v) is 4.61. The Morgan fingerprint density at radius 3 is 2.95 bits per heavy atom. The lowest BCUT2D eigenvalue weighted by molar-refractivity contribution is -0.380. The van der Waals surface area contributed by atoms with E-state index in [4.69, 9.17) is 4.74 Å². The van der Waals surface area contributed by atoms with Crippen LogP contribution < -0.4 is 10.1 Å². The topological polar surface area (TPSA) is 77.3 Å². The third-order valence-electron chi connectivity index (χ3n) is 2.35. The first-order valence-corrected chi connectivity index (χ1v) is 6.61. The van der Waals surface area contributed by atoms with Crippen molar-refractivity contribution in [2.75, 3.05) is 11.9 Å². The summed E-state index contributed by atoms with van der Waals surface area (Å²) < 4.78 is 5.24. The van der Waals surface area contributed by atoms with Crippen molar-refractivity contribution in [1.82, 2.24) is 4.98 Å². The van der Waals surface area contributed by atoms with E-state index in [0.717, 1.165) is 22.6 Å². The van der Waals surface area contributed by atoms with Crippen LogP contribution in [0.4, 0.5) is 10.7 Å². The summed E-state index contributed by atoms with van der Waals surface area (Å²) >= 11 is 1.13. The van der Waals surface area contributed by atoms with Crippen molar-refractivity contribution in [3.63, 3.8) is 0 Å². The van der Waals surface area contributed by atoms with Crippen LogP contribution in [0.2, 0.25) is 0 Å². The van der Waals surface area contributed by atoms with E-state index in [1.54, 1.807) is 23.7 Å². The van der Waals surface area contributed by atoms with E-state index in [1.807, 2.05) is 13.0 Å². The molecule has 0 fully saturated rings. The number of thiophene rings is 1. The molecular formula is C12H13N3O3S. The number of nitrogens with zero attached hydrogens (tertiary/aromatic N) is 2. The summed E-state index contributed by atoms with van der Waals surface area (Å²) in [6, 6.07) is 5.21. The molecule has 1 N–H and O–H groups in total. The first-order chi connectivity index (χ1) is 9.19. The number of nitro groups is 1. The van der Waals surface area contributed by atoms with Crippen molar-refractivity contribution in [1.29, 1.82) is 0 Å². The summed E-state index contributed by atoms with van der Waals surface area (Å²) in [5, 5.41) is 15.6. The molecular weight excluding hydrogens is 266 g/mol. The Balaban J connectivity index is 1.92. The van der Waals surface area contributed by atoms with Crippen molar-refractivity contribution < 1.29 is 9.66 Å². The Morgan fingerprint density at radius 1 is 1.53 bits per heavy atom. The van der Waals surface area contributed by atoms with Gasteiger partial charge in [0.25, 0.3) is 0 Å². The molecule has 0 spiro atoms. The van der Waals surface area contributed by atoms with Crippen molar-refractivity contribution >= 4 is 22.0 Å². The lowest BCUT2D eigenvalue weighted by Gasteiger charge is -2.05. The minimum Gasteiger partial charge on any atom is -0.478 e. The Morgan fingerprint density at radius 2 is 2.37 bits per heavy atom. The van der Waals surface area contributed by atoms with Gasteiger partial charge in [0.15, 0.2) is 0 Å². The molecule has 6 nitrogen and oxygen atoms in total. The lowest BCUT2D eigenvalue weighted by Crippen LogP contribution is -1.99. The number of rotatable bonds is 6. The highest BCUT2D eigenvalue weighted by Crippen LogP contribution is 2.23. The number of hydrogen-bond donors (Lipinski definition) is 1. The van der Waals surface area contributed by atoms with Gasteiger partial charge in [0.1, 0.15) is 0 Å². The molecule has 0 amide bonds. The van der Waals surface area contributed by atoms with Gasteiger partial charge in [0.2, 0.25) is 5.88 Å². The fraction of sp³-hybridized carbons (Fsp3) is 0.250. The standard InChI is InChI=1S/C12H13N3O3S/c1-2-18-11-4-3-10(7-14-11)13-6-9-5-12(15(16)17)19-8-9/h3-5,7-8,13H,2,6H2,1H3. The maximum Gasteiger partial charge on any atom is 0.324 e. The van der Waals surface area contributed by atoms with Crippen LogP contribution in [0.25, 0.3) is 0 Å². The van der Waals surface area contributed by atoms with Crippen LogP contribution in [0.5, 0.6) is 5.88 Å². The first-order valence-electron chi connectivity index (χ1n) is 5.73. The number of hydrogen-bond acceptors (Lipinski definition) is 6. The molecule has 2 aromatic rings. The fourth-order valence-corrected chi connectivity index (χ4v) is 2.20. The molecule has 0 saturated carbocycles. The highest BCUT2D eigenvalue weighted by molar-refractivity contribution is 7.13. The zero-order chi connectivity index (χ0) is 13.7. The summed E-state index contributed by atoms with van der Waals surface area (Å²) in [6.07, 6.45) is 1.67. The van der Waals surface area contributed by atoms with Gasteiger partial charge >= 0.3 is 5.00 Å².